The van der Waals surface area contributed by atoms with E-state index in [2.05, 4.69) is 9.98 Å². The fourth-order valence-corrected chi connectivity index (χ4v) is 1.70. The molecular formula is C12H16ClN3O2. The van der Waals surface area contributed by atoms with Gasteiger partial charge in [-0.2, -0.15) is 0 Å². The van der Waals surface area contributed by atoms with Crippen LogP contribution >= 0.6 is 11.6 Å². The maximum absolute atomic E-state index is 10.7. The molecule has 0 aliphatic rings. The van der Waals surface area contributed by atoms with Crippen molar-refractivity contribution in [2.45, 2.75) is 32.7 Å². The van der Waals surface area contributed by atoms with Crippen LogP contribution in [0.25, 0.3) is 0 Å². The van der Waals surface area contributed by atoms with Gasteiger partial charge in [-0.1, -0.05) is 24.6 Å². The third-order valence-corrected chi connectivity index (χ3v) is 2.69. The first-order valence-corrected chi connectivity index (χ1v) is 6.07. The number of halogens is 1. The second kappa shape index (κ2) is 6.44. The summed E-state index contributed by atoms with van der Waals surface area (Å²) in [5, 5.41) is 11.1. The number of hydrogen-bond donors (Lipinski definition) is 0. The van der Waals surface area contributed by atoms with Crippen molar-refractivity contribution in [2.75, 3.05) is 6.54 Å². The largest absolute Gasteiger partial charge is 0.284 e. The molecule has 6 heteroatoms. The summed E-state index contributed by atoms with van der Waals surface area (Å²) in [6.07, 6.45) is 1.63. The lowest BCUT2D eigenvalue weighted by Crippen LogP contribution is -2.21. The summed E-state index contributed by atoms with van der Waals surface area (Å²) in [5.41, 5.74) is 1.43. The highest BCUT2D eigenvalue weighted by molar-refractivity contribution is 6.29. The van der Waals surface area contributed by atoms with Crippen molar-refractivity contribution in [1.29, 1.82) is 0 Å². The monoisotopic (exact) mass is 269 g/mol. The molecule has 0 saturated carbocycles. The summed E-state index contributed by atoms with van der Waals surface area (Å²) in [4.78, 5) is 18.6. The molecular weight excluding hydrogens is 254 g/mol. The van der Waals surface area contributed by atoms with Gasteiger partial charge in [0.25, 0.3) is 0 Å². The van der Waals surface area contributed by atoms with Gasteiger partial charge in [0.05, 0.1) is 5.71 Å². The zero-order chi connectivity index (χ0) is 13.7. The van der Waals surface area contributed by atoms with Crippen molar-refractivity contribution >= 4 is 17.3 Å². The van der Waals surface area contributed by atoms with E-state index in [-0.39, 0.29) is 23.4 Å². The Bertz CT molecular complexity index is 443. The molecule has 0 aromatic carbocycles. The van der Waals surface area contributed by atoms with Crippen molar-refractivity contribution in [2.24, 2.45) is 4.99 Å². The standard InChI is InChI=1S/C12H16ClN3O2/c1-8(2)15-11(7-16(17)18)9(3)10-4-5-12(13)14-6-10/h4-6,8-9H,7H2,1-3H3. The van der Waals surface area contributed by atoms with E-state index in [9.17, 15) is 10.1 Å². The Balaban J connectivity index is 2.98. The number of nitrogens with zero attached hydrogens (tertiary/aromatic N) is 3. The predicted molar refractivity (Wildman–Crippen MR) is 72.1 cm³/mol. The van der Waals surface area contributed by atoms with Crippen LogP contribution in [0.3, 0.4) is 0 Å². The van der Waals surface area contributed by atoms with Gasteiger partial charge >= 0.3 is 0 Å². The van der Waals surface area contributed by atoms with Gasteiger partial charge in [0.2, 0.25) is 6.54 Å². The molecule has 18 heavy (non-hydrogen) atoms. The van der Waals surface area contributed by atoms with Crippen LogP contribution < -0.4 is 0 Å². The van der Waals surface area contributed by atoms with Crippen molar-refractivity contribution in [3.63, 3.8) is 0 Å². The Morgan fingerprint density at radius 2 is 2.17 bits per heavy atom. The lowest BCUT2D eigenvalue weighted by Gasteiger charge is -2.13. The van der Waals surface area contributed by atoms with Crippen LogP contribution in [0, 0.1) is 10.1 Å². The summed E-state index contributed by atoms with van der Waals surface area (Å²) in [7, 11) is 0. The molecule has 0 fully saturated rings. The number of hydrogen-bond acceptors (Lipinski definition) is 4. The van der Waals surface area contributed by atoms with E-state index in [0.717, 1.165) is 5.56 Å². The smallest absolute Gasteiger partial charge is 0.241 e. The Hall–Kier alpha value is -1.49. The lowest BCUT2D eigenvalue weighted by atomic mass is 9.97. The van der Waals surface area contributed by atoms with Gasteiger partial charge in [0.1, 0.15) is 5.15 Å². The third kappa shape index (κ3) is 4.41. The average Bonchev–Trinajstić information content (AvgIpc) is 2.27. The molecule has 1 rings (SSSR count). The minimum atomic E-state index is -0.360. The van der Waals surface area contributed by atoms with Gasteiger partial charge in [-0.15, -0.1) is 0 Å². The van der Waals surface area contributed by atoms with E-state index in [1.807, 2.05) is 26.8 Å². The van der Waals surface area contributed by atoms with Crippen LogP contribution in [0.1, 0.15) is 32.3 Å². The quantitative estimate of drug-likeness (QED) is 0.357. The summed E-state index contributed by atoms with van der Waals surface area (Å²) >= 11 is 5.72. The molecule has 1 aromatic rings. The maximum atomic E-state index is 10.7. The first-order chi connectivity index (χ1) is 8.40. The van der Waals surface area contributed by atoms with Crippen LogP contribution in [-0.4, -0.2) is 28.2 Å². The van der Waals surface area contributed by atoms with Gasteiger partial charge in [0.15, 0.2) is 0 Å². The highest BCUT2D eigenvalue weighted by Gasteiger charge is 2.18. The van der Waals surface area contributed by atoms with Crippen molar-refractivity contribution in [3.05, 3.63) is 39.2 Å². The summed E-state index contributed by atoms with van der Waals surface area (Å²) < 4.78 is 0. The molecule has 1 heterocycles. The molecule has 0 aliphatic carbocycles. The first kappa shape index (κ1) is 14.6. The Kier molecular flexibility index (Phi) is 5.22. The van der Waals surface area contributed by atoms with Crippen LogP contribution in [0.5, 0.6) is 0 Å². The highest BCUT2D eigenvalue weighted by atomic mass is 35.5. The number of aromatic nitrogens is 1. The number of aliphatic imine (C=N–C) groups is 1. The van der Waals surface area contributed by atoms with Crippen LogP contribution in [0.2, 0.25) is 5.15 Å². The zero-order valence-corrected chi connectivity index (χ0v) is 11.4. The topological polar surface area (TPSA) is 68.4 Å². The molecule has 5 nitrogen and oxygen atoms in total. The predicted octanol–water partition coefficient (Wildman–Crippen LogP) is 2.96. The van der Waals surface area contributed by atoms with Gasteiger partial charge in [-0.3, -0.25) is 15.1 Å². The average molecular weight is 270 g/mol. The molecule has 0 N–H and O–H groups in total. The molecule has 1 unspecified atom stereocenters. The maximum Gasteiger partial charge on any atom is 0.241 e. The third-order valence-electron chi connectivity index (χ3n) is 2.47. The molecule has 0 radical (unpaired) electrons. The van der Waals surface area contributed by atoms with Crippen LogP contribution in [0.15, 0.2) is 23.3 Å². The van der Waals surface area contributed by atoms with E-state index in [4.69, 9.17) is 11.6 Å². The van der Waals surface area contributed by atoms with Crippen LogP contribution in [-0.2, 0) is 0 Å². The first-order valence-electron chi connectivity index (χ1n) is 5.70. The Morgan fingerprint density at radius 1 is 1.50 bits per heavy atom. The molecule has 0 amide bonds. The lowest BCUT2D eigenvalue weighted by molar-refractivity contribution is -0.463. The molecule has 0 spiro atoms. The van der Waals surface area contributed by atoms with Gasteiger partial charge in [-0.05, 0) is 25.5 Å². The second-order valence-corrected chi connectivity index (χ2v) is 4.73. The fraction of sp³-hybridized carbons (Fsp3) is 0.500. The van der Waals surface area contributed by atoms with Crippen molar-refractivity contribution in [3.8, 4) is 0 Å². The summed E-state index contributed by atoms with van der Waals surface area (Å²) in [6.45, 7) is 5.43. The molecule has 1 atom stereocenters. The SMILES string of the molecule is CC(C)N=C(C[N+](=O)[O-])C(C)c1ccc(Cl)nc1. The molecule has 1 aromatic heterocycles. The molecule has 98 valence electrons. The van der Waals surface area contributed by atoms with Gasteiger partial charge in [-0.25, -0.2) is 4.98 Å². The highest BCUT2D eigenvalue weighted by Crippen LogP contribution is 2.18. The Labute approximate surface area is 111 Å². The fourth-order valence-electron chi connectivity index (χ4n) is 1.59. The zero-order valence-electron chi connectivity index (χ0n) is 10.6. The van der Waals surface area contributed by atoms with E-state index in [1.54, 1.807) is 12.3 Å². The normalized spacial score (nSPS) is 13.7. The van der Waals surface area contributed by atoms with Gasteiger partial charge in [0, 0.05) is 23.1 Å². The molecule has 0 aliphatic heterocycles. The van der Waals surface area contributed by atoms with E-state index >= 15 is 0 Å². The van der Waals surface area contributed by atoms with Crippen molar-refractivity contribution in [1.82, 2.24) is 4.98 Å². The summed E-state index contributed by atoms with van der Waals surface area (Å²) in [5.74, 6) is -0.137. The number of nitro groups is 1. The number of pyridine rings is 1. The second-order valence-electron chi connectivity index (χ2n) is 4.34. The minimum Gasteiger partial charge on any atom is -0.284 e. The van der Waals surface area contributed by atoms with Crippen LogP contribution in [0.4, 0.5) is 0 Å². The van der Waals surface area contributed by atoms with E-state index in [1.165, 1.54) is 0 Å². The Morgan fingerprint density at radius 3 is 2.61 bits per heavy atom. The summed E-state index contributed by atoms with van der Waals surface area (Å²) in [6, 6.07) is 3.52. The number of rotatable bonds is 5. The minimum absolute atomic E-state index is 0.0302. The van der Waals surface area contributed by atoms with Crippen molar-refractivity contribution < 1.29 is 4.92 Å². The molecule has 0 saturated heterocycles. The molecule has 0 bridgehead atoms. The van der Waals surface area contributed by atoms with E-state index < -0.39 is 0 Å². The van der Waals surface area contributed by atoms with Gasteiger partial charge < -0.3 is 0 Å². The van der Waals surface area contributed by atoms with E-state index in [0.29, 0.717) is 10.9 Å².